The van der Waals surface area contributed by atoms with Crippen LogP contribution in [0.5, 0.6) is 0 Å². The lowest BCUT2D eigenvalue weighted by atomic mass is 9.86. The van der Waals surface area contributed by atoms with Crippen molar-refractivity contribution in [2.45, 2.75) is 32.6 Å². The van der Waals surface area contributed by atoms with Crippen LogP contribution in [0.1, 0.15) is 38.2 Å². The summed E-state index contributed by atoms with van der Waals surface area (Å²) in [5.41, 5.74) is 1.39. The minimum Gasteiger partial charge on any atom is -0.385 e. The van der Waals surface area contributed by atoms with Gasteiger partial charge in [-0.05, 0) is 55.5 Å². The van der Waals surface area contributed by atoms with Crippen LogP contribution in [0, 0.1) is 5.92 Å². The molecule has 0 aliphatic rings. The summed E-state index contributed by atoms with van der Waals surface area (Å²) in [6.07, 6.45) is 2.23. The lowest BCUT2D eigenvalue weighted by Crippen LogP contribution is -2.21. The summed E-state index contributed by atoms with van der Waals surface area (Å²) in [7, 11) is 1.75. The summed E-state index contributed by atoms with van der Waals surface area (Å²) in [6.45, 7) is 7.47. The molecule has 2 nitrogen and oxygen atoms in total. The monoisotopic (exact) mass is 283 g/mol. The minimum atomic E-state index is 0.590. The molecule has 0 amide bonds. The van der Waals surface area contributed by atoms with Crippen molar-refractivity contribution in [3.05, 3.63) is 34.9 Å². The molecule has 3 heteroatoms. The van der Waals surface area contributed by atoms with Gasteiger partial charge in [-0.1, -0.05) is 37.6 Å². The van der Waals surface area contributed by atoms with Crippen molar-refractivity contribution >= 4 is 11.6 Å². The highest BCUT2D eigenvalue weighted by atomic mass is 35.5. The zero-order valence-corrected chi connectivity index (χ0v) is 13.0. The van der Waals surface area contributed by atoms with E-state index in [2.05, 4.69) is 31.3 Å². The Morgan fingerprint density at radius 1 is 1.16 bits per heavy atom. The van der Waals surface area contributed by atoms with Crippen molar-refractivity contribution in [3.63, 3.8) is 0 Å². The normalized spacial score (nSPS) is 12.9. The topological polar surface area (TPSA) is 21.3 Å². The maximum atomic E-state index is 5.95. The molecular weight excluding hydrogens is 258 g/mol. The van der Waals surface area contributed by atoms with Gasteiger partial charge in [-0.25, -0.2) is 0 Å². The lowest BCUT2D eigenvalue weighted by Gasteiger charge is -2.21. The molecule has 0 aliphatic heterocycles. The zero-order valence-electron chi connectivity index (χ0n) is 12.3. The second-order valence-corrected chi connectivity index (χ2v) is 5.72. The predicted octanol–water partition coefficient (Wildman–Crippen LogP) is 4.10. The Hall–Kier alpha value is -0.570. The van der Waals surface area contributed by atoms with E-state index in [1.807, 2.05) is 12.1 Å². The molecule has 0 radical (unpaired) electrons. The van der Waals surface area contributed by atoms with Crippen LogP contribution >= 0.6 is 11.6 Å². The lowest BCUT2D eigenvalue weighted by molar-refractivity contribution is 0.194. The quantitative estimate of drug-likeness (QED) is 0.689. The third kappa shape index (κ3) is 6.42. The summed E-state index contributed by atoms with van der Waals surface area (Å²) in [5, 5.41) is 4.29. The molecule has 0 saturated heterocycles. The molecule has 0 fully saturated rings. The number of rotatable bonds is 9. The van der Waals surface area contributed by atoms with E-state index in [0.717, 1.165) is 37.6 Å². The number of methoxy groups -OCH3 is 1. The predicted molar refractivity (Wildman–Crippen MR) is 83.0 cm³/mol. The van der Waals surface area contributed by atoms with Crippen LogP contribution < -0.4 is 5.32 Å². The van der Waals surface area contributed by atoms with Crippen molar-refractivity contribution in [2.24, 2.45) is 5.92 Å². The maximum Gasteiger partial charge on any atom is 0.0474 e. The second-order valence-electron chi connectivity index (χ2n) is 5.29. The van der Waals surface area contributed by atoms with Gasteiger partial charge in [0, 0.05) is 18.7 Å². The Kier molecular flexibility index (Phi) is 8.11. The van der Waals surface area contributed by atoms with Gasteiger partial charge in [-0.15, -0.1) is 0 Å². The molecule has 1 rings (SSSR count). The van der Waals surface area contributed by atoms with Gasteiger partial charge in [0.15, 0.2) is 0 Å². The highest BCUT2D eigenvalue weighted by Crippen LogP contribution is 2.28. The summed E-state index contributed by atoms with van der Waals surface area (Å²) in [6, 6.07) is 8.27. The largest absolute Gasteiger partial charge is 0.385 e. The Morgan fingerprint density at radius 2 is 1.84 bits per heavy atom. The minimum absolute atomic E-state index is 0.590. The molecular formula is C16H26ClNO. The SMILES string of the molecule is COCCCNCC[C@H](c1ccc(Cl)cc1)C(C)C. The molecule has 1 aromatic rings. The first-order valence-electron chi connectivity index (χ1n) is 7.10. The third-order valence-electron chi connectivity index (χ3n) is 3.44. The van der Waals surface area contributed by atoms with E-state index in [1.165, 1.54) is 5.56 Å². The number of halogens is 1. The van der Waals surface area contributed by atoms with Crippen LogP contribution in [0.3, 0.4) is 0 Å². The van der Waals surface area contributed by atoms with E-state index < -0.39 is 0 Å². The fourth-order valence-corrected chi connectivity index (χ4v) is 2.44. The van der Waals surface area contributed by atoms with Crippen molar-refractivity contribution in [1.29, 1.82) is 0 Å². The van der Waals surface area contributed by atoms with Gasteiger partial charge in [0.2, 0.25) is 0 Å². The highest BCUT2D eigenvalue weighted by molar-refractivity contribution is 6.30. The van der Waals surface area contributed by atoms with Crippen LogP contribution in [0.2, 0.25) is 5.02 Å². The van der Waals surface area contributed by atoms with Gasteiger partial charge >= 0.3 is 0 Å². The van der Waals surface area contributed by atoms with Gasteiger partial charge in [-0.2, -0.15) is 0 Å². The van der Waals surface area contributed by atoms with Gasteiger partial charge < -0.3 is 10.1 Å². The Labute approximate surface area is 122 Å². The number of nitrogens with one attached hydrogen (secondary N) is 1. The van der Waals surface area contributed by atoms with Crippen molar-refractivity contribution in [3.8, 4) is 0 Å². The first-order chi connectivity index (χ1) is 9.15. The van der Waals surface area contributed by atoms with Crippen molar-refractivity contribution in [1.82, 2.24) is 5.32 Å². The highest BCUT2D eigenvalue weighted by Gasteiger charge is 2.15. The molecule has 0 bridgehead atoms. The van der Waals surface area contributed by atoms with Gasteiger partial charge in [0.05, 0.1) is 0 Å². The Morgan fingerprint density at radius 3 is 2.42 bits per heavy atom. The third-order valence-corrected chi connectivity index (χ3v) is 3.69. The Bertz CT molecular complexity index is 337. The summed E-state index contributed by atoms with van der Waals surface area (Å²) in [4.78, 5) is 0. The maximum absolute atomic E-state index is 5.95. The molecule has 19 heavy (non-hydrogen) atoms. The van der Waals surface area contributed by atoms with Gasteiger partial charge in [0.1, 0.15) is 0 Å². The number of benzene rings is 1. The van der Waals surface area contributed by atoms with Crippen LogP contribution in [-0.2, 0) is 4.74 Å². The summed E-state index contributed by atoms with van der Waals surface area (Å²) >= 11 is 5.95. The van der Waals surface area contributed by atoms with Crippen molar-refractivity contribution < 1.29 is 4.74 Å². The molecule has 0 unspecified atom stereocenters. The molecule has 1 atom stereocenters. The molecule has 0 aliphatic carbocycles. The number of hydrogen-bond acceptors (Lipinski definition) is 2. The molecule has 0 heterocycles. The summed E-state index contributed by atoms with van der Waals surface area (Å²) < 4.78 is 5.04. The molecule has 108 valence electrons. The number of ether oxygens (including phenoxy) is 1. The van der Waals surface area contributed by atoms with Crippen LogP contribution in [0.15, 0.2) is 24.3 Å². The Balaban J connectivity index is 2.39. The van der Waals surface area contributed by atoms with Crippen LogP contribution in [-0.4, -0.2) is 26.8 Å². The first kappa shape index (κ1) is 16.5. The molecule has 0 spiro atoms. The molecule has 1 aromatic carbocycles. The van der Waals surface area contributed by atoms with E-state index >= 15 is 0 Å². The van der Waals surface area contributed by atoms with Gasteiger partial charge in [-0.3, -0.25) is 0 Å². The smallest absolute Gasteiger partial charge is 0.0474 e. The van der Waals surface area contributed by atoms with E-state index in [0.29, 0.717) is 11.8 Å². The first-order valence-corrected chi connectivity index (χ1v) is 7.48. The summed E-state index contributed by atoms with van der Waals surface area (Å²) in [5.74, 6) is 1.23. The zero-order chi connectivity index (χ0) is 14.1. The fraction of sp³-hybridized carbons (Fsp3) is 0.625. The number of hydrogen-bond donors (Lipinski definition) is 1. The van der Waals surface area contributed by atoms with E-state index in [9.17, 15) is 0 Å². The van der Waals surface area contributed by atoms with E-state index in [4.69, 9.17) is 16.3 Å². The second kappa shape index (κ2) is 9.35. The average molecular weight is 284 g/mol. The van der Waals surface area contributed by atoms with Crippen molar-refractivity contribution in [2.75, 3.05) is 26.8 Å². The van der Waals surface area contributed by atoms with E-state index in [-0.39, 0.29) is 0 Å². The molecule has 0 saturated carbocycles. The standard InChI is InChI=1S/C16H26ClNO/c1-13(2)16(9-11-18-10-4-12-19-3)14-5-7-15(17)8-6-14/h5-8,13,16,18H,4,9-12H2,1-3H3/t16-/m0/s1. The van der Waals surface area contributed by atoms with E-state index in [1.54, 1.807) is 7.11 Å². The average Bonchev–Trinajstić information content (AvgIpc) is 2.39. The molecule has 1 N–H and O–H groups in total. The fourth-order valence-electron chi connectivity index (χ4n) is 2.32. The van der Waals surface area contributed by atoms with Crippen LogP contribution in [0.25, 0.3) is 0 Å². The van der Waals surface area contributed by atoms with Crippen LogP contribution in [0.4, 0.5) is 0 Å². The van der Waals surface area contributed by atoms with Gasteiger partial charge in [0.25, 0.3) is 0 Å². The molecule has 0 aromatic heterocycles.